The van der Waals surface area contributed by atoms with E-state index in [4.69, 9.17) is 5.73 Å². The fourth-order valence-corrected chi connectivity index (χ4v) is 2.33. The number of hydrogen-bond donors (Lipinski definition) is 2. The second-order valence-electron chi connectivity index (χ2n) is 5.76. The van der Waals surface area contributed by atoms with E-state index in [2.05, 4.69) is 31.2 Å². The molecule has 1 heterocycles. The van der Waals surface area contributed by atoms with E-state index in [1.54, 1.807) is 0 Å². The molecular formula is C13H28N4O. The van der Waals surface area contributed by atoms with Crippen LogP contribution in [0.5, 0.6) is 0 Å². The zero-order valence-corrected chi connectivity index (χ0v) is 12.0. The van der Waals surface area contributed by atoms with Crippen molar-refractivity contribution in [2.75, 3.05) is 39.8 Å². The first-order valence-corrected chi connectivity index (χ1v) is 6.94. The minimum Gasteiger partial charge on any atom is -0.330 e. The number of nitrogens with one attached hydrogen (secondary N) is 1. The smallest absolute Gasteiger partial charge is 0.234 e. The Labute approximate surface area is 111 Å². The molecule has 1 rings (SSSR count). The molecule has 0 radical (unpaired) electrons. The summed E-state index contributed by atoms with van der Waals surface area (Å²) in [6, 6.07) is 0. The first kappa shape index (κ1) is 15.4. The maximum atomic E-state index is 11.9. The molecule has 1 fully saturated rings. The predicted molar refractivity (Wildman–Crippen MR) is 73.8 cm³/mol. The second-order valence-corrected chi connectivity index (χ2v) is 5.76. The van der Waals surface area contributed by atoms with Crippen molar-refractivity contribution in [3.63, 3.8) is 0 Å². The van der Waals surface area contributed by atoms with Crippen LogP contribution in [0.3, 0.4) is 0 Å². The molecule has 0 spiro atoms. The van der Waals surface area contributed by atoms with E-state index in [1.165, 1.54) is 0 Å². The summed E-state index contributed by atoms with van der Waals surface area (Å²) in [6.45, 7) is 8.75. The third-order valence-electron chi connectivity index (χ3n) is 3.40. The molecule has 5 nitrogen and oxygen atoms in total. The Bertz CT molecular complexity index is 249. The van der Waals surface area contributed by atoms with Crippen molar-refractivity contribution in [3.05, 3.63) is 0 Å². The highest BCUT2D eigenvalue weighted by molar-refractivity contribution is 5.75. The van der Waals surface area contributed by atoms with Crippen molar-refractivity contribution in [2.45, 2.75) is 26.7 Å². The molecule has 0 aromatic heterocycles. The van der Waals surface area contributed by atoms with Crippen molar-refractivity contribution >= 4 is 5.91 Å². The maximum absolute atomic E-state index is 11.9. The highest BCUT2D eigenvalue weighted by atomic mass is 16.2. The Kier molecular flexibility index (Phi) is 6.60. The molecule has 18 heavy (non-hydrogen) atoms. The molecule has 0 aliphatic carbocycles. The van der Waals surface area contributed by atoms with Crippen LogP contribution in [0, 0.1) is 11.8 Å². The summed E-state index contributed by atoms with van der Waals surface area (Å²) in [4.78, 5) is 14.2. The Morgan fingerprint density at radius 3 is 2.39 bits per heavy atom. The third-order valence-corrected chi connectivity index (χ3v) is 3.40. The summed E-state index contributed by atoms with van der Waals surface area (Å²) in [7, 11) is 2.10. The molecular weight excluding hydrogens is 228 g/mol. The molecule has 1 saturated heterocycles. The summed E-state index contributed by atoms with van der Waals surface area (Å²) in [5, 5.41) is 2.02. The molecule has 1 amide bonds. The summed E-state index contributed by atoms with van der Waals surface area (Å²) in [5.74, 6) is 1.00. The third kappa shape index (κ3) is 5.80. The molecule has 0 aromatic rings. The first-order chi connectivity index (χ1) is 8.51. The summed E-state index contributed by atoms with van der Waals surface area (Å²) in [6.07, 6.45) is 1.56. The lowest BCUT2D eigenvalue weighted by Crippen LogP contribution is -2.52. The van der Waals surface area contributed by atoms with Gasteiger partial charge in [-0.15, -0.1) is 0 Å². The van der Waals surface area contributed by atoms with Crippen LogP contribution in [0.4, 0.5) is 0 Å². The van der Waals surface area contributed by atoms with E-state index in [-0.39, 0.29) is 5.91 Å². The molecule has 3 N–H and O–H groups in total. The molecule has 1 aliphatic rings. The van der Waals surface area contributed by atoms with Crippen LogP contribution < -0.4 is 11.2 Å². The lowest BCUT2D eigenvalue weighted by Gasteiger charge is -2.32. The van der Waals surface area contributed by atoms with Gasteiger partial charge in [0.1, 0.15) is 0 Å². The number of likely N-dealkylation sites (N-methyl/N-ethyl adjacent to an activating group) is 1. The SMILES string of the molecule is CC(C)C[C@H](CN)CC(=O)NN1CCN(C)CC1. The number of rotatable bonds is 6. The number of carbonyl (C=O) groups excluding carboxylic acids is 1. The molecule has 0 unspecified atom stereocenters. The van der Waals surface area contributed by atoms with E-state index in [0.717, 1.165) is 32.6 Å². The molecule has 1 aliphatic heterocycles. The van der Waals surface area contributed by atoms with Gasteiger partial charge in [-0.25, -0.2) is 5.01 Å². The minimum absolute atomic E-state index is 0.107. The van der Waals surface area contributed by atoms with Crippen LogP contribution in [0.2, 0.25) is 0 Å². The number of amides is 1. The molecule has 0 aromatic carbocycles. The van der Waals surface area contributed by atoms with Gasteiger partial charge in [0.15, 0.2) is 0 Å². The highest BCUT2D eigenvalue weighted by Crippen LogP contribution is 2.14. The van der Waals surface area contributed by atoms with Crippen LogP contribution in [0.25, 0.3) is 0 Å². The van der Waals surface area contributed by atoms with Crippen LogP contribution in [0.1, 0.15) is 26.7 Å². The van der Waals surface area contributed by atoms with Gasteiger partial charge in [-0.1, -0.05) is 13.8 Å². The normalized spacial score (nSPS) is 20.1. The van der Waals surface area contributed by atoms with Crippen LogP contribution in [0.15, 0.2) is 0 Å². The number of hydrogen-bond acceptors (Lipinski definition) is 4. The van der Waals surface area contributed by atoms with E-state index in [0.29, 0.717) is 24.8 Å². The minimum atomic E-state index is 0.107. The lowest BCUT2D eigenvalue weighted by molar-refractivity contribution is -0.127. The van der Waals surface area contributed by atoms with Crippen molar-refractivity contribution in [1.29, 1.82) is 0 Å². The number of carbonyl (C=O) groups is 1. The quantitative estimate of drug-likeness (QED) is 0.716. The van der Waals surface area contributed by atoms with Crippen LogP contribution >= 0.6 is 0 Å². The lowest BCUT2D eigenvalue weighted by atomic mass is 9.94. The fourth-order valence-electron chi connectivity index (χ4n) is 2.33. The van der Waals surface area contributed by atoms with Crippen molar-refractivity contribution in [3.8, 4) is 0 Å². The zero-order valence-electron chi connectivity index (χ0n) is 12.0. The topological polar surface area (TPSA) is 61.6 Å². The van der Waals surface area contributed by atoms with E-state index in [1.807, 2.05) is 5.01 Å². The van der Waals surface area contributed by atoms with Crippen molar-refractivity contribution in [1.82, 2.24) is 15.3 Å². The number of piperazine rings is 1. The standard InChI is InChI=1S/C13H28N4O/c1-11(2)8-12(10-14)9-13(18)15-17-6-4-16(3)5-7-17/h11-12H,4-10,14H2,1-3H3,(H,15,18)/t12-/m0/s1. The molecule has 0 saturated carbocycles. The van der Waals surface area contributed by atoms with E-state index in [9.17, 15) is 4.79 Å². The average molecular weight is 256 g/mol. The highest BCUT2D eigenvalue weighted by Gasteiger charge is 2.18. The van der Waals surface area contributed by atoms with Gasteiger partial charge in [-0.3, -0.25) is 10.2 Å². The summed E-state index contributed by atoms with van der Waals surface area (Å²) >= 11 is 0. The molecule has 106 valence electrons. The zero-order chi connectivity index (χ0) is 13.5. The van der Waals surface area contributed by atoms with Gasteiger partial charge in [0, 0.05) is 32.6 Å². The largest absolute Gasteiger partial charge is 0.330 e. The first-order valence-electron chi connectivity index (χ1n) is 6.94. The monoisotopic (exact) mass is 256 g/mol. The molecule has 1 atom stereocenters. The van der Waals surface area contributed by atoms with Crippen molar-refractivity contribution < 1.29 is 4.79 Å². The summed E-state index contributed by atoms with van der Waals surface area (Å²) in [5.41, 5.74) is 8.71. The summed E-state index contributed by atoms with van der Waals surface area (Å²) < 4.78 is 0. The van der Waals surface area contributed by atoms with E-state index < -0.39 is 0 Å². The van der Waals surface area contributed by atoms with Crippen LogP contribution in [-0.2, 0) is 4.79 Å². The fraction of sp³-hybridized carbons (Fsp3) is 0.923. The van der Waals surface area contributed by atoms with Gasteiger partial charge in [0.05, 0.1) is 0 Å². The Morgan fingerprint density at radius 2 is 1.89 bits per heavy atom. The second kappa shape index (κ2) is 7.71. The van der Waals surface area contributed by atoms with E-state index >= 15 is 0 Å². The van der Waals surface area contributed by atoms with Crippen molar-refractivity contribution in [2.24, 2.45) is 17.6 Å². The number of nitrogens with zero attached hydrogens (tertiary/aromatic N) is 2. The predicted octanol–water partition coefficient (Wildman–Crippen LogP) is 0.276. The van der Waals surface area contributed by atoms with Crippen LogP contribution in [-0.4, -0.2) is 55.6 Å². The van der Waals surface area contributed by atoms with Gasteiger partial charge in [-0.2, -0.15) is 0 Å². The van der Waals surface area contributed by atoms with Gasteiger partial charge >= 0.3 is 0 Å². The Morgan fingerprint density at radius 1 is 1.28 bits per heavy atom. The number of hydrazine groups is 1. The number of nitrogens with two attached hydrogens (primary N) is 1. The molecule has 0 bridgehead atoms. The average Bonchev–Trinajstić information content (AvgIpc) is 2.30. The van der Waals surface area contributed by atoms with Gasteiger partial charge in [-0.05, 0) is 31.8 Å². The van der Waals surface area contributed by atoms with Gasteiger partial charge < -0.3 is 10.6 Å². The Hall–Kier alpha value is -0.650. The molecule has 5 heteroatoms. The Balaban J connectivity index is 2.27. The van der Waals surface area contributed by atoms with Gasteiger partial charge in [0.2, 0.25) is 5.91 Å². The van der Waals surface area contributed by atoms with Gasteiger partial charge in [0.25, 0.3) is 0 Å². The maximum Gasteiger partial charge on any atom is 0.234 e.